The maximum atomic E-state index is 14.4. The zero-order valence-electron chi connectivity index (χ0n) is 21.5. The zero-order valence-corrected chi connectivity index (χ0v) is 21.5. The maximum Gasteiger partial charge on any atom is 0.363 e. The van der Waals surface area contributed by atoms with Crippen LogP contribution in [0.5, 0.6) is 5.75 Å². The monoisotopic (exact) mass is 548 g/mol. The molecule has 6 rings (SSSR count). The van der Waals surface area contributed by atoms with Gasteiger partial charge in [-0.05, 0) is 47.0 Å². The number of nitrogens with zero attached hydrogens (tertiary/aromatic N) is 6. The van der Waals surface area contributed by atoms with E-state index in [9.17, 15) is 23.7 Å². The summed E-state index contributed by atoms with van der Waals surface area (Å²) in [7, 11) is 0. The second kappa shape index (κ2) is 10.6. The SMILES string of the molecule is O=c1c(CN(Cc2ccccn2)[C@H]2CCCN(c3ccc([N+](=O)[O-])nc3)C2)cn2c3c(c(F)c(F)cc13)OCC2. The van der Waals surface area contributed by atoms with Crippen molar-refractivity contribution in [1.82, 2.24) is 19.4 Å². The van der Waals surface area contributed by atoms with Gasteiger partial charge in [0.1, 0.15) is 6.61 Å². The molecular formula is C28H26F2N6O4. The van der Waals surface area contributed by atoms with Gasteiger partial charge >= 0.3 is 5.82 Å². The lowest BCUT2D eigenvalue weighted by molar-refractivity contribution is -0.389. The van der Waals surface area contributed by atoms with E-state index in [0.717, 1.165) is 36.8 Å². The van der Waals surface area contributed by atoms with Gasteiger partial charge in [0.25, 0.3) is 0 Å². The fraction of sp³-hybridized carbons (Fsp3) is 0.321. The van der Waals surface area contributed by atoms with Crippen LogP contribution in [0.25, 0.3) is 10.9 Å². The molecule has 0 amide bonds. The molecule has 5 heterocycles. The number of pyridine rings is 3. The molecule has 0 radical (unpaired) electrons. The second-order valence-electron chi connectivity index (χ2n) is 10.0. The molecule has 1 aromatic carbocycles. The van der Waals surface area contributed by atoms with Gasteiger partial charge in [0.15, 0.2) is 23.2 Å². The fourth-order valence-electron chi connectivity index (χ4n) is 5.60. The standard InChI is InChI=1S/C28H26F2N6O4/c29-23-12-22-26-28(25(23)30)40-11-10-34(26)14-18(27(22)37)15-35(16-19-4-1-2-8-31-19)21-5-3-9-33(17-21)20-6-7-24(32-13-20)36(38)39/h1-2,4,6-8,12-14,21H,3,5,9-11,15-17H2/t21-/m0/s1. The highest BCUT2D eigenvalue weighted by molar-refractivity contribution is 5.86. The van der Waals surface area contributed by atoms with Crippen molar-refractivity contribution >= 4 is 22.4 Å². The van der Waals surface area contributed by atoms with Crippen LogP contribution in [0.2, 0.25) is 0 Å². The Kier molecular flexibility index (Phi) is 6.84. The van der Waals surface area contributed by atoms with Crippen molar-refractivity contribution in [2.24, 2.45) is 0 Å². The van der Waals surface area contributed by atoms with Crippen molar-refractivity contribution in [3.63, 3.8) is 0 Å². The highest BCUT2D eigenvalue weighted by Gasteiger charge is 2.29. The van der Waals surface area contributed by atoms with Crippen LogP contribution >= 0.6 is 0 Å². The number of aromatic nitrogens is 3. The molecule has 3 aromatic heterocycles. The second-order valence-corrected chi connectivity index (χ2v) is 10.0. The van der Waals surface area contributed by atoms with E-state index in [2.05, 4.69) is 19.8 Å². The van der Waals surface area contributed by atoms with Crippen molar-refractivity contribution in [3.05, 3.63) is 98.2 Å². The first-order chi connectivity index (χ1) is 19.4. The number of nitro groups is 1. The molecular weight excluding hydrogens is 522 g/mol. The van der Waals surface area contributed by atoms with Crippen LogP contribution in [0.15, 0.2) is 59.8 Å². The molecule has 0 spiro atoms. The number of ether oxygens (including phenoxy) is 1. The van der Waals surface area contributed by atoms with Gasteiger partial charge < -0.3 is 24.3 Å². The molecule has 40 heavy (non-hydrogen) atoms. The Balaban J connectivity index is 1.34. The lowest BCUT2D eigenvalue weighted by Crippen LogP contribution is -2.48. The summed E-state index contributed by atoms with van der Waals surface area (Å²) in [5.41, 5.74) is 1.99. The molecule has 206 valence electrons. The van der Waals surface area contributed by atoms with E-state index in [1.165, 1.54) is 12.3 Å². The Morgan fingerprint density at radius 1 is 1.15 bits per heavy atom. The minimum absolute atomic E-state index is 0.0197. The number of hydrogen-bond donors (Lipinski definition) is 0. The lowest BCUT2D eigenvalue weighted by atomic mass is 10.0. The molecule has 4 aromatic rings. The Hall–Kier alpha value is -4.45. The minimum Gasteiger partial charge on any atom is -0.486 e. The highest BCUT2D eigenvalue weighted by Crippen LogP contribution is 2.33. The van der Waals surface area contributed by atoms with Crippen molar-refractivity contribution in [2.75, 3.05) is 24.6 Å². The molecule has 2 aliphatic rings. The van der Waals surface area contributed by atoms with Gasteiger partial charge in [-0.2, -0.15) is 4.39 Å². The van der Waals surface area contributed by atoms with Crippen molar-refractivity contribution in [1.29, 1.82) is 0 Å². The maximum absolute atomic E-state index is 14.4. The first kappa shape index (κ1) is 25.8. The van der Waals surface area contributed by atoms with E-state index in [4.69, 9.17) is 4.74 Å². The molecule has 2 aliphatic heterocycles. The van der Waals surface area contributed by atoms with E-state index >= 15 is 0 Å². The van der Waals surface area contributed by atoms with E-state index in [0.29, 0.717) is 25.2 Å². The first-order valence-corrected chi connectivity index (χ1v) is 13.0. The van der Waals surface area contributed by atoms with Gasteiger partial charge in [0.2, 0.25) is 5.82 Å². The third-order valence-electron chi connectivity index (χ3n) is 7.53. The summed E-state index contributed by atoms with van der Waals surface area (Å²) in [4.78, 5) is 36.9. The number of halogens is 2. The third-order valence-corrected chi connectivity index (χ3v) is 7.53. The molecule has 10 nitrogen and oxygen atoms in total. The predicted molar refractivity (Wildman–Crippen MR) is 143 cm³/mol. The topological polar surface area (TPSA) is 107 Å². The zero-order chi connectivity index (χ0) is 27.8. The first-order valence-electron chi connectivity index (χ1n) is 13.0. The van der Waals surface area contributed by atoms with Gasteiger partial charge in [-0.1, -0.05) is 6.07 Å². The Morgan fingerprint density at radius 2 is 2.02 bits per heavy atom. The van der Waals surface area contributed by atoms with E-state index in [-0.39, 0.29) is 47.1 Å². The van der Waals surface area contributed by atoms with Crippen LogP contribution in [0, 0.1) is 21.7 Å². The van der Waals surface area contributed by atoms with Gasteiger partial charge in [-0.15, -0.1) is 0 Å². The molecule has 12 heteroatoms. The fourth-order valence-corrected chi connectivity index (χ4v) is 5.60. The predicted octanol–water partition coefficient (Wildman–Crippen LogP) is 4.04. The Labute approximate surface area is 227 Å². The van der Waals surface area contributed by atoms with Crippen molar-refractivity contribution in [2.45, 2.75) is 38.5 Å². The summed E-state index contributed by atoms with van der Waals surface area (Å²) in [5, 5.41) is 11.1. The largest absolute Gasteiger partial charge is 0.486 e. The lowest BCUT2D eigenvalue weighted by Gasteiger charge is -2.40. The Morgan fingerprint density at radius 3 is 2.77 bits per heavy atom. The van der Waals surface area contributed by atoms with Crippen molar-refractivity contribution in [3.8, 4) is 5.75 Å². The quantitative estimate of drug-likeness (QED) is 0.252. The number of piperidine rings is 1. The molecule has 0 aliphatic carbocycles. The summed E-state index contributed by atoms with van der Waals surface area (Å²) >= 11 is 0. The average molecular weight is 549 g/mol. The van der Waals surface area contributed by atoms with Crippen LogP contribution in [0.4, 0.5) is 20.3 Å². The van der Waals surface area contributed by atoms with Gasteiger partial charge in [0.05, 0.1) is 28.8 Å². The van der Waals surface area contributed by atoms with Crippen LogP contribution < -0.4 is 15.1 Å². The van der Waals surface area contributed by atoms with E-state index in [1.54, 1.807) is 23.0 Å². The summed E-state index contributed by atoms with van der Waals surface area (Å²) < 4.78 is 36.0. The molecule has 1 fully saturated rings. The molecule has 0 bridgehead atoms. The number of anilines is 1. The summed E-state index contributed by atoms with van der Waals surface area (Å²) in [6.07, 6.45) is 6.69. The molecule has 1 saturated heterocycles. The summed E-state index contributed by atoms with van der Waals surface area (Å²) in [5.74, 6) is -2.64. The van der Waals surface area contributed by atoms with E-state index < -0.39 is 16.6 Å². The summed E-state index contributed by atoms with van der Waals surface area (Å²) in [6.45, 7) is 2.71. The van der Waals surface area contributed by atoms with Gasteiger partial charge in [-0.3, -0.25) is 14.7 Å². The van der Waals surface area contributed by atoms with Crippen molar-refractivity contribution < 1.29 is 18.4 Å². The molecule has 1 atom stereocenters. The number of benzene rings is 1. The van der Waals surface area contributed by atoms with Gasteiger partial charge in [-0.25, -0.2) is 4.39 Å². The third kappa shape index (κ3) is 4.86. The van der Waals surface area contributed by atoms with Crippen LogP contribution in [0.1, 0.15) is 24.1 Å². The number of hydrogen-bond acceptors (Lipinski definition) is 8. The van der Waals surface area contributed by atoms with Crippen LogP contribution in [-0.2, 0) is 19.6 Å². The number of rotatable bonds is 7. The Bertz CT molecular complexity index is 1630. The molecule has 0 unspecified atom stereocenters. The average Bonchev–Trinajstić information content (AvgIpc) is 2.98. The van der Waals surface area contributed by atoms with Gasteiger partial charge in [0, 0.05) is 56.2 Å². The van der Waals surface area contributed by atoms with E-state index in [1.807, 2.05) is 18.2 Å². The highest BCUT2D eigenvalue weighted by atomic mass is 19.2. The van der Waals surface area contributed by atoms with Crippen LogP contribution in [-0.4, -0.2) is 50.1 Å². The normalized spacial score (nSPS) is 16.8. The summed E-state index contributed by atoms with van der Waals surface area (Å²) in [6, 6.07) is 9.74. The minimum atomic E-state index is -1.12. The molecule has 0 saturated carbocycles. The molecule has 0 N–H and O–H groups in total. The smallest absolute Gasteiger partial charge is 0.363 e. The van der Waals surface area contributed by atoms with Crippen LogP contribution in [0.3, 0.4) is 0 Å².